The highest BCUT2D eigenvalue weighted by molar-refractivity contribution is 8.00. The maximum atomic E-state index is 12.2. The van der Waals surface area contributed by atoms with Gasteiger partial charge in [0.25, 0.3) is 0 Å². The lowest BCUT2D eigenvalue weighted by Gasteiger charge is -2.10. The number of carbonyl (C=O) groups excluding carboxylic acids is 1. The third-order valence-corrected chi connectivity index (χ3v) is 6.78. The maximum Gasteiger partial charge on any atom is 0.420 e. The highest BCUT2D eigenvalue weighted by Crippen LogP contribution is 2.48. The first-order valence-corrected chi connectivity index (χ1v) is 9.92. The fourth-order valence-electron chi connectivity index (χ4n) is 2.93. The van der Waals surface area contributed by atoms with Crippen LogP contribution in [0, 0.1) is 0 Å². The van der Waals surface area contributed by atoms with Crippen molar-refractivity contribution in [3.8, 4) is 10.8 Å². The molecule has 2 aromatic heterocycles. The highest BCUT2D eigenvalue weighted by atomic mass is 32.2. The van der Waals surface area contributed by atoms with Crippen molar-refractivity contribution in [3.05, 3.63) is 18.2 Å². The molecule has 0 spiro atoms. The number of carbonyl (C=O) groups is 1. The average Bonchev–Trinajstić information content (AvgIpc) is 3.38. The molecule has 10 heteroatoms. The van der Waals surface area contributed by atoms with Gasteiger partial charge in [0, 0.05) is 15.3 Å². The first-order valence-electron chi connectivity index (χ1n) is 8.22. The summed E-state index contributed by atoms with van der Waals surface area (Å²) in [7, 11) is 1.65. The summed E-state index contributed by atoms with van der Waals surface area (Å²) in [5.74, 6) is 0.926. The Morgan fingerprint density at radius 2 is 2.23 bits per heavy atom. The van der Waals surface area contributed by atoms with Crippen LogP contribution in [0.3, 0.4) is 0 Å². The Morgan fingerprint density at radius 3 is 2.96 bits per heavy atom. The second-order valence-electron chi connectivity index (χ2n) is 5.87. The lowest BCUT2D eigenvalue weighted by atomic mass is 10.2. The Bertz CT molecular complexity index is 906. The number of thioether (sulfide) groups is 1. The van der Waals surface area contributed by atoms with E-state index in [0.29, 0.717) is 10.3 Å². The van der Waals surface area contributed by atoms with Crippen molar-refractivity contribution >= 4 is 45.2 Å². The van der Waals surface area contributed by atoms with Crippen LogP contribution in [-0.4, -0.2) is 39.1 Å². The van der Waals surface area contributed by atoms with Crippen molar-refractivity contribution in [1.29, 1.82) is 0 Å². The van der Waals surface area contributed by atoms with Gasteiger partial charge in [0.1, 0.15) is 5.75 Å². The van der Waals surface area contributed by atoms with E-state index in [2.05, 4.69) is 25.9 Å². The number of thiophene rings is 1. The number of hydrogen-bond donors (Lipinski definition) is 2. The summed E-state index contributed by atoms with van der Waals surface area (Å²) >= 11 is 3.23. The Morgan fingerprint density at radius 1 is 1.38 bits per heavy atom. The minimum Gasteiger partial charge on any atom is -0.497 e. The van der Waals surface area contributed by atoms with E-state index in [1.54, 1.807) is 18.9 Å². The van der Waals surface area contributed by atoms with Gasteiger partial charge in [-0.1, -0.05) is 29.3 Å². The van der Waals surface area contributed by atoms with Crippen molar-refractivity contribution < 1.29 is 14.3 Å². The van der Waals surface area contributed by atoms with Crippen molar-refractivity contribution in [2.45, 2.75) is 35.8 Å². The van der Waals surface area contributed by atoms with E-state index >= 15 is 0 Å². The standard InChI is InChI=1S/C16H17N5O3S2/c1-23-9-6-7-12-11(8-9)13(25-10-4-2-3-5-10)14(26-12)24-16(22)17-15-18-20-21-19-15/h6-8,10H,2-5H2,1H3,(H2,17,18,19,20,21,22). The molecule has 136 valence electrons. The summed E-state index contributed by atoms with van der Waals surface area (Å²) < 4.78 is 12.0. The van der Waals surface area contributed by atoms with Crippen LogP contribution in [0.5, 0.6) is 10.8 Å². The zero-order chi connectivity index (χ0) is 17.9. The summed E-state index contributed by atoms with van der Waals surface area (Å²) in [6, 6.07) is 5.89. The van der Waals surface area contributed by atoms with Crippen molar-refractivity contribution in [3.63, 3.8) is 0 Å². The highest BCUT2D eigenvalue weighted by Gasteiger charge is 2.24. The summed E-state index contributed by atoms with van der Waals surface area (Å²) in [6.07, 6.45) is 4.23. The Labute approximate surface area is 157 Å². The summed E-state index contributed by atoms with van der Waals surface area (Å²) in [5.41, 5.74) is 0. The topological polar surface area (TPSA) is 102 Å². The quantitative estimate of drug-likeness (QED) is 0.676. The molecule has 2 N–H and O–H groups in total. The second kappa shape index (κ2) is 7.50. The van der Waals surface area contributed by atoms with Gasteiger partial charge in [-0.25, -0.2) is 9.89 Å². The number of tetrazole rings is 1. The van der Waals surface area contributed by atoms with Gasteiger partial charge in [-0.2, -0.15) is 0 Å². The predicted molar refractivity (Wildman–Crippen MR) is 100 cm³/mol. The maximum absolute atomic E-state index is 12.2. The van der Waals surface area contributed by atoms with Crippen LogP contribution in [0.15, 0.2) is 23.1 Å². The number of aromatic nitrogens is 4. The fourth-order valence-corrected chi connectivity index (χ4v) is 5.53. The van der Waals surface area contributed by atoms with Crippen LogP contribution in [-0.2, 0) is 0 Å². The number of benzene rings is 1. The molecular weight excluding hydrogens is 374 g/mol. The molecular formula is C16H17N5O3S2. The molecule has 4 rings (SSSR count). The number of anilines is 1. The number of hydrogen-bond acceptors (Lipinski definition) is 8. The number of rotatable bonds is 5. The third-order valence-electron chi connectivity index (χ3n) is 4.16. The van der Waals surface area contributed by atoms with Crippen LogP contribution in [0.4, 0.5) is 10.7 Å². The molecule has 0 saturated heterocycles. The van der Waals surface area contributed by atoms with E-state index < -0.39 is 6.09 Å². The third kappa shape index (κ3) is 3.61. The van der Waals surface area contributed by atoms with E-state index in [1.807, 2.05) is 18.2 Å². The van der Waals surface area contributed by atoms with Gasteiger partial charge in [-0.15, -0.1) is 11.8 Å². The van der Waals surface area contributed by atoms with E-state index in [4.69, 9.17) is 9.47 Å². The lowest BCUT2D eigenvalue weighted by molar-refractivity contribution is 0.215. The number of ether oxygens (including phenoxy) is 2. The van der Waals surface area contributed by atoms with E-state index in [9.17, 15) is 4.79 Å². The van der Waals surface area contributed by atoms with E-state index in [1.165, 1.54) is 37.0 Å². The molecule has 3 aromatic rings. The number of aromatic amines is 1. The Hall–Kier alpha value is -2.33. The monoisotopic (exact) mass is 391 g/mol. The fraction of sp³-hybridized carbons (Fsp3) is 0.375. The van der Waals surface area contributed by atoms with E-state index in [-0.39, 0.29) is 5.95 Å². The molecule has 1 aromatic carbocycles. The minimum absolute atomic E-state index is 0.141. The van der Waals surface area contributed by atoms with Gasteiger partial charge in [0.05, 0.1) is 12.0 Å². The number of nitrogens with zero attached hydrogens (tertiary/aromatic N) is 3. The zero-order valence-corrected chi connectivity index (χ0v) is 15.7. The number of methoxy groups -OCH3 is 1. The van der Waals surface area contributed by atoms with E-state index in [0.717, 1.165) is 20.7 Å². The molecule has 0 atom stereocenters. The predicted octanol–water partition coefficient (Wildman–Crippen LogP) is 4.07. The molecule has 1 aliphatic rings. The number of nitrogens with one attached hydrogen (secondary N) is 2. The van der Waals surface area contributed by atoms with Gasteiger partial charge in [-0.3, -0.25) is 5.32 Å². The Balaban J connectivity index is 1.64. The second-order valence-corrected chi connectivity index (χ2v) is 8.19. The van der Waals surface area contributed by atoms with Crippen LogP contribution in [0.25, 0.3) is 10.1 Å². The molecule has 2 heterocycles. The molecule has 0 radical (unpaired) electrons. The molecule has 0 bridgehead atoms. The van der Waals surface area contributed by atoms with Gasteiger partial charge in [0.2, 0.25) is 11.0 Å². The molecule has 1 saturated carbocycles. The lowest BCUT2D eigenvalue weighted by Crippen LogP contribution is -2.17. The van der Waals surface area contributed by atoms with Crippen LogP contribution >= 0.6 is 23.1 Å². The van der Waals surface area contributed by atoms with Gasteiger partial charge >= 0.3 is 6.09 Å². The molecule has 1 fully saturated rings. The summed E-state index contributed by atoms with van der Waals surface area (Å²) in [5, 5.41) is 17.6. The zero-order valence-electron chi connectivity index (χ0n) is 14.0. The minimum atomic E-state index is -0.629. The van der Waals surface area contributed by atoms with Crippen molar-refractivity contribution in [2.24, 2.45) is 0 Å². The molecule has 1 aliphatic carbocycles. The van der Waals surface area contributed by atoms with Crippen LogP contribution < -0.4 is 14.8 Å². The molecule has 26 heavy (non-hydrogen) atoms. The van der Waals surface area contributed by atoms with Gasteiger partial charge in [0.15, 0.2) is 0 Å². The normalized spacial score (nSPS) is 14.7. The molecule has 0 aliphatic heterocycles. The number of H-pyrrole nitrogens is 1. The Kier molecular flexibility index (Phi) is 4.93. The van der Waals surface area contributed by atoms with Gasteiger partial charge in [-0.05, 0) is 41.5 Å². The summed E-state index contributed by atoms with van der Waals surface area (Å²) in [4.78, 5) is 13.2. The largest absolute Gasteiger partial charge is 0.497 e. The first kappa shape index (κ1) is 17.1. The van der Waals surface area contributed by atoms with Crippen LogP contribution in [0.2, 0.25) is 0 Å². The molecule has 8 nitrogen and oxygen atoms in total. The molecule has 0 unspecified atom stereocenters. The molecule has 1 amide bonds. The first-order chi connectivity index (χ1) is 12.7. The van der Waals surface area contributed by atoms with Crippen LogP contribution in [0.1, 0.15) is 25.7 Å². The van der Waals surface area contributed by atoms with Gasteiger partial charge < -0.3 is 9.47 Å². The number of amides is 1. The SMILES string of the molecule is COc1ccc2sc(OC(=O)Nc3nnn[nH]3)c(SC3CCCC3)c2c1. The summed E-state index contributed by atoms with van der Waals surface area (Å²) in [6.45, 7) is 0. The van der Waals surface area contributed by atoms with Crippen molar-refractivity contribution in [2.75, 3.05) is 12.4 Å². The van der Waals surface area contributed by atoms with Crippen molar-refractivity contribution in [1.82, 2.24) is 20.6 Å². The smallest absolute Gasteiger partial charge is 0.420 e. The average molecular weight is 391 g/mol. The number of fused-ring (bicyclic) bond motifs is 1.